The van der Waals surface area contributed by atoms with Gasteiger partial charge in [-0.05, 0) is 66.8 Å². The van der Waals surface area contributed by atoms with Crippen LogP contribution in [0.15, 0.2) is 65.7 Å². The molecule has 0 aliphatic heterocycles. The van der Waals surface area contributed by atoms with Crippen molar-refractivity contribution in [2.45, 2.75) is 33.1 Å². The molecule has 1 atom stereocenters. The van der Waals surface area contributed by atoms with Crippen LogP contribution in [0.3, 0.4) is 0 Å². The van der Waals surface area contributed by atoms with Gasteiger partial charge in [0.15, 0.2) is 0 Å². The van der Waals surface area contributed by atoms with Gasteiger partial charge in [0.05, 0.1) is 17.1 Å². The average molecular weight is 415 g/mol. The van der Waals surface area contributed by atoms with E-state index >= 15 is 0 Å². The summed E-state index contributed by atoms with van der Waals surface area (Å²) < 4.78 is 5.88. The molecule has 158 valence electrons. The zero-order valence-corrected chi connectivity index (χ0v) is 18.2. The van der Waals surface area contributed by atoms with Crippen LogP contribution in [0.1, 0.15) is 37.3 Å². The van der Waals surface area contributed by atoms with Crippen LogP contribution >= 0.6 is 0 Å². The first kappa shape index (κ1) is 20.6. The fourth-order valence-corrected chi connectivity index (χ4v) is 3.49. The number of anilines is 2. The van der Waals surface area contributed by atoms with Crippen LogP contribution < -0.4 is 15.2 Å². The third-order valence-corrected chi connectivity index (χ3v) is 5.70. The maximum absolute atomic E-state index is 12.3. The van der Waals surface area contributed by atoms with Crippen LogP contribution in [0.25, 0.3) is 10.9 Å². The van der Waals surface area contributed by atoms with Crippen molar-refractivity contribution in [2.75, 3.05) is 11.9 Å². The molecule has 0 spiro atoms. The summed E-state index contributed by atoms with van der Waals surface area (Å²) in [4.78, 5) is 25.4. The SMILES string of the molecule is CCC(C)c1ccc(N(C)c2ccc(Oc3nc4cnccc4c(=O)[nH]3)c(C)c2)cc1. The van der Waals surface area contributed by atoms with E-state index in [-0.39, 0.29) is 11.6 Å². The average Bonchev–Trinajstić information content (AvgIpc) is 2.79. The van der Waals surface area contributed by atoms with Crippen LogP contribution in [0.4, 0.5) is 11.4 Å². The highest BCUT2D eigenvalue weighted by molar-refractivity contribution is 5.76. The number of hydrogen-bond donors (Lipinski definition) is 1. The van der Waals surface area contributed by atoms with Crippen molar-refractivity contribution in [3.63, 3.8) is 0 Å². The summed E-state index contributed by atoms with van der Waals surface area (Å²) in [5.74, 6) is 1.19. The monoisotopic (exact) mass is 414 g/mol. The van der Waals surface area contributed by atoms with Gasteiger partial charge < -0.3 is 9.64 Å². The van der Waals surface area contributed by atoms with Crippen LogP contribution in [0, 0.1) is 6.92 Å². The highest BCUT2D eigenvalue weighted by atomic mass is 16.5. The molecule has 0 fully saturated rings. The van der Waals surface area contributed by atoms with E-state index in [0.717, 1.165) is 23.4 Å². The summed E-state index contributed by atoms with van der Waals surface area (Å²) >= 11 is 0. The Morgan fingerprint density at radius 2 is 1.84 bits per heavy atom. The first-order valence-electron chi connectivity index (χ1n) is 10.4. The number of fused-ring (bicyclic) bond motifs is 1. The lowest BCUT2D eigenvalue weighted by Crippen LogP contribution is -2.11. The first-order valence-corrected chi connectivity index (χ1v) is 10.4. The molecule has 0 saturated carbocycles. The second kappa shape index (κ2) is 8.60. The van der Waals surface area contributed by atoms with Crippen molar-refractivity contribution in [3.05, 3.63) is 82.4 Å². The zero-order valence-electron chi connectivity index (χ0n) is 18.2. The zero-order chi connectivity index (χ0) is 22.0. The molecule has 4 aromatic rings. The predicted molar refractivity (Wildman–Crippen MR) is 125 cm³/mol. The van der Waals surface area contributed by atoms with E-state index in [1.54, 1.807) is 18.5 Å². The molecule has 31 heavy (non-hydrogen) atoms. The Morgan fingerprint density at radius 1 is 1.10 bits per heavy atom. The number of H-pyrrole nitrogens is 1. The molecule has 0 saturated heterocycles. The molecule has 1 N–H and O–H groups in total. The maximum atomic E-state index is 12.3. The Bertz CT molecular complexity index is 1260. The number of rotatable bonds is 6. The van der Waals surface area contributed by atoms with Crippen molar-refractivity contribution in [2.24, 2.45) is 0 Å². The summed E-state index contributed by atoms with van der Waals surface area (Å²) in [6, 6.07) is 16.4. The topological polar surface area (TPSA) is 71.1 Å². The van der Waals surface area contributed by atoms with Crippen LogP contribution in [0.5, 0.6) is 11.8 Å². The number of nitrogens with one attached hydrogen (secondary N) is 1. The van der Waals surface area contributed by atoms with Crippen molar-refractivity contribution in [3.8, 4) is 11.8 Å². The van der Waals surface area contributed by atoms with Gasteiger partial charge in [0.25, 0.3) is 5.56 Å². The number of pyridine rings is 1. The molecule has 6 nitrogen and oxygen atoms in total. The van der Waals surface area contributed by atoms with Gasteiger partial charge >= 0.3 is 6.01 Å². The van der Waals surface area contributed by atoms with Crippen LogP contribution in [0.2, 0.25) is 0 Å². The number of ether oxygens (including phenoxy) is 1. The van der Waals surface area contributed by atoms with E-state index < -0.39 is 0 Å². The molecule has 0 aliphatic rings. The van der Waals surface area contributed by atoms with Gasteiger partial charge in [-0.3, -0.25) is 14.8 Å². The molecule has 2 heterocycles. The van der Waals surface area contributed by atoms with Crippen LogP contribution in [-0.4, -0.2) is 22.0 Å². The van der Waals surface area contributed by atoms with Gasteiger partial charge in [0.2, 0.25) is 0 Å². The standard InChI is InChI=1S/C25H26N4O2/c1-5-16(2)18-6-8-19(9-7-18)29(4)20-10-11-23(17(3)14-20)31-25-27-22-15-26-13-12-21(22)24(30)28-25/h6-16H,5H2,1-4H3,(H,27,28,30). The molecule has 0 aliphatic carbocycles. The number of nitrogens with zero attached hydrogens (tertiary/aromatic N) is 3. The lowest BCUT2D eigenvalue weighted by atomic mass is 9.98. The highest BCUT2D eigenvalue weighted by Crippen LogP contribution is 2.31. The van der Waals surface area contributed by atoms with Crippen molar-refractivity contribution < 1.29 is 4.74 Å². The molecule has 6 heteroatoms. The smallest absolute Gasteiger partial charge is 0.302 e. The molecule has 0 amide bonds. The minimum absolute atomic E-state index is 0.148. The molecule has 0 radical (unpaired) electrons. The number of aryl methyl sites for hydroxylation is 1. The van der Waals surface area contributed by atoms with E-state index in [4.69, 9.17) is 4.74 Å². The third-order valence-electron chi connectivity index (χ3n) is 5.70. The lowest BCUT2D eigenvalue weighted by Gasteiger charge is -2.21. The Kier molecular flexibility index (Phi) is 5.71. The van der Waals surface area contributed by atoms with E-state index in [1.807, 2.05) is 26.1 Å². The largest absolute Gasteiger partial charge is 0.425 e. The van der Waals surface area contributed by atoms with Gasteiger partial charge in [-0.25, -0.2) is 0 Å². The Labute approximate surface area is 181 Å². The molecule has 2 aromatic carbocycles. The number of benzene rings is 2. The summed E-state index contributed by atoms with van der Waals surface area (Å²) in [6.45, 7) is 6.42. The van der Waals surface area contributed by atoms with Gasteiger partial charge in [-0.15, -0.1) is 0 Å². The van der Waals surface area contributed by atoms with E-state index in [9.17, 15) is 4.79 Å². The minimum atomic E-state index is -0.253. The van der Waals surface area contributed by atoms with Crippen molar-refractivity contribution in [1.29, 1.82) is 0 Å². The molecule has 0 bridgehead atoms. The Morgan fingerprint density at radius 3 is 2.55 bits per heavy atom. The Hall–Kier alpha value is -3.67. The molecular formula is C25H26N4O2. The summed E-state index contributed by atoms with van der Waals surface area (Å²) in [7, 11) is 2.04. The normalized spacial score (nSPS) is 12.0. The molecule has 2 aromatic heterocycles. The fraction of sp³-hybridized carbons (Fsp3) is 0.240. The minimum Gasteiger partial charge on any atom is -0.425 e. The maximum Gasteiger partial charge on any atom is 0.302 e. The fourth-order valence-electron chi connectivity index (χ4n) is 3.49. The number of hydrogen-bond acceptors (Lipinski definition) is 5. The Balaban J connectivity index is 1.56. The van der Waals surface area contributed by atoms with Gasteiger partial charge in [0, 0.05) is 24.6 Å². The van der Waals surface area contributed by atoms with E-state index in [2.05, 4.69) is 64.0 Å². The predicted octanol–water partition coefficient (Wildman–Crippen LogP) is 5.70. The molecular weight excluding hydrogens is 388 g/mol. The lowest BCUT2D eigenvalue weighted by molar-refractivity contribution is 0.439. The second-order valence-electron chi connectivity index (χ2n) is 7.78. The number of aromatic amines is 1. The van der Waals surface area contributed by atoms with Crippen LogP contribution in [-0.2, 0) is 0 Å². The summed E-state index contributed by atoms with van der Waals surface area (Å²) in [5, 5.41) is 0.482. The highest BCUT2D eigenvalue weighted by Gasteiger charge is 2.11. The summed E-state index contributed by atoms with van der Waals surface area (Å²) in [6.07, 6.45) is 4.25. The van der Waals surface area contributed by atoms with Gasteiger partial charge in [0.1, 0.15) is 5.75 Å². The third kappa shape index (κ3) is 4.28. The quantitative estimate of drug-likeness (QED) is 0.438. The van der Waals surface area contributed by atoms with E-state index in [1.165, 1.54) is 5.56 Å². The number of aromatic nitrogens is 3. The molecule has 1 unspecified atom stereocenters. The molecule has 4 rings (SSSR count). The van der Waals surface area contributed by atoms with Gasteiger partial charge in [-0.2, -0.15) is 4.98 Å². The first-order chi connectivity index (χ1) is 15.0. The van der Waals surface area contributed by atoms with E-state index in [0.29, 0.717) is 22.6 Å². The second-order valence-corrected chi connectivity index (χ2v) is 7.78. The van der Waals surface area contributed by atoms with Crippen molar-refractivity contribution >= 4 is 22.3 Å². The summed E-state index contributed by atoms with van der Waals surface area (Å²) in [5.41, 5.74) is 4.70. The van der Waals surface area contributed by atoms with Gasteiger partial charge in [-0.1, -0.05) is 26.0 Å². The van der Waals surface area contributed by atoms with Crippen molar-refractivity contribution in [1.82, 2.24) is 15.0 Å².